The summed E-state index contributed by atoms with van der Waals surface area (Å²) < 4.78 is 30.7. The monoisotopic (exact) mass is 765 g/mol. The summed E-state index contributed by atoms with van der Waals surface area (Å²) in [6, 6.07) is 27.7. The average Bonchev–Trinajstić information content (AvgIpc) is 3.77. The Kier molecular flexibility index (Phi) is 10.7. The van der Waals surface area contributed by atoms with Gasteiger partial charge in [-0.25, -0.2) is 43.5 Å². The largest absolute Gasteiger partial charge is 0.362 e. The number of primary amides is 1. The second-order valence-electron chi connectivity index (χ2n) is 13.8. The van der Waals surface area contributed by atoms with E-state index < -0.39 is 6.03 Å². The van der Waals surface area contributed by atoms with E-state index in [1.54, 1.807) is 36.3 Å². The van der Waals surface area contributed by atoms with Crippen molar-refractivity contribution in [2.75, 3.05) is 10.2 Å². The van der Waals surface area contributed by atoms with Crippen molar-refractivity contribution in [1.29, 1.82) is 0 Å². The Morgan fingerprint density at radius 3 is 1.70 bits per heavy atom. The number of carbonyl (C=O) groups excluding carboxylic acids is 1. The van der Waals surface area contributed by atoms with Crippen LogP contribution in [0.1, 0.15) is 48.2 Å². The number of nitrogens with zero attached hydrogens (tertiary/aromatic N) is 9. The molecule has 0 saturated heterocycles. The lowest BCUT2D eigenvalue weighted by atomic mass is 10.1. The number of nitrogens with two attached hydrogens (primary N) is 1. The van der Waals surface area contributed by atoms with E-state index in [1.807, 2.05) is 81.0 Å². The molecule has 288 valence electrons. The number of imidazole rings is 2. The number of hydrogen-bond acceptors (Lipinski definition) is 8. The molecule has 3 N–H and O–H groups in total. The number of fused-ring (bicyclic) bond motifs is 2. The molecule has 2 atom stereocenters. The molecule has 12 nitrogen and oxygen atoms in total. The van der Waals surface area contributed by atoms with Crippen molar-refractivity contribution in [1.82, 2.24) is 39.0 Å². The molecule has 0 aliphatic rings. The highest BCUT2D eigenvalue weighted by atomic mass is 19.1. The lowest BCUT2D eigenvalue weighted by molar-refractivity contribution is 0.252. The van der Waals surface area contributed by atoms with E-state index in [0.717, 1.165) is 27.9 Å². The first-order valence-corrected chi connectivity index (χ1v) is 18.3. The molecule has 8 rings (SSSR count). The maximum absolute atomic E-state index is 13.6. The molecule has 4 heterocycles. The molecule has 14 heteroatoms. The summed E-state index contributed by atoms with van der Waals surface area (Å²) in [5, 5.41) is 3.45. The zero-order chi connectivity index (χ0) is 40.4. The lowest BCUT2D eigenvalue weighted by Crippen LogP contribution is -2.38. The van der Waals surface area contributed by atoms with Gasteiger partial charge in [-0.15, -0.1) is 0 Å². The number of carbonyl (C=O) groups is 1. The van der Waals surface area contributed by atoms with Crippen LogP contribution < -0.4 is 16.0 Å². The molecule has 57 heavy (non-hydrogen) atoms. The van der Waals surface area contributed by atoms with E-state index >= 15 is 0 Å². The predicted octanol–water partition coefficient (Wildman–Crippen LogP) is 8.78. The van der Waals surface area contributed by atoms with Crippen LogP contribution in [0.25, 0.3) is 45.1 Å². The minimum atomic E-state index is -0.654. The third-order valence-electron chi connectivity index (χ3n) is 9.75. The van der Waals surface area contributed by atoms with Crippen LogP contribution in [0, 0.1) is 25.5 Å². The molecular weight excluding hydrogens is 725 g/mol. The third-order valence-corrected chi connectivity index (χ3v) is 9.75. The predicted molar refractivity (Wildman–Crippen MR) is 218 cm³/mol. The van der Waals surface area contributed by atoms with E-state index in [0.29, 0.717) is 51.1 Å². The lowest BCUT2D eigenvalue weighted by Gasteiger charge is -2.27. The normalized spacial score (nSPS) is 12.2. The van der Waals surface area contributed by atoms with E-state index in [-0.39, 0.29) is 23.7 Å². The van der Waals surface area contributed by atoms with Crippen LogP contribution in [0.4, 0.5) is 25.2 Å². The van der Waals surface area contributed by atoms with Crippen molar-refractivity contribution in [2.45, 2.75) is 39.8 Å². The van der Waals surface area contributed by atoms with Crippen LogP contribution in [-0.2, 0) is 14.1 Å². The number of nitrogens with one attached hydrogen (secondary N) is 1. The summed E-state index contributed by atoms with van der Waals surface area (Å²) in [4.78, 5) is 41.4. The first kappa shape index (κ1) is 38.2. The zero-order valence-electron chi connectivity index (χ0n) is 32.3. The number of aromatic nitrogens is 8. The van der Waals surface area contributed by atoms with Crippen LogP contribution in [0.2, 0.25) is 0 Å². The molecule has 0 saturated carbocycles. The van der Waals surface area contributed by atoms with Crippen molar-refractivity contribution < 1.29 is 13.6 Å². The Hall–Kier alpha value is -7.09. The molecule has 0 aliphatic carbocycles. The molecule has 2 amide bonds. The quantitative estimate of drug-likeness (QED) is 0.156. The van der Waals surface area contributed by atoms with Crippen molar-refractivity contribution in [3.8, 4) is 22.8 Å². The molecule has 0 unspecified atom stereocenters. The van der Waals surface area contributed by atoms with Gasteiger partial charge in [-0.3, -0.25) is 4.90 Å². The topological polar surface area (TPSA) is 146 Å². The molecule has 0 fully saturated rings. The Bertz CT molecular complexity index is 2720. The van der Waals surface area contributed by atoms with E-state index in [4.69, 9.17) is 10.7 Å². The Morgan fingerprint density at radius 2 is 1.18 bits per heavy atom. The van der Waals surface area contributed by atoms with Crippen LogP contribution in [0.5, 0.6) is 0 Å². The Balaban J connectivity index is 0.000000175. The first-order valence-electron chi connectivity index (χ1n) is 18.3. The summed E-state index contributed by atoms with van der Waals surface area (Å²) >= 11 is 0. The minimum Gasteiger partial charge on any atom is -0.362 e. The van der Waals surface area contributed by atoms with Crippen molar-refractivity contribution in [2.24, 2.45) is 19.8 Å². The number of halogens is 2. The number of amides is 2. The Morgan fingerprint density at radius 1 is 0.684 bits per heavy atom. The molecule has 0 spiro atoms. The number of hydrogen-bond donors (Lipinski definition) is 2. The molecule has 0 bridgehead atoms. The van der Waals surface area contributed by atoms with Gasteiger partial charge in [0.25, 0.3) is 0 Å². The number of rotatable bonds is 8. The fourth-order valence-corrected chi connectivity index (χ4v) is 6.65. The summed E-state index contributed by atoms with van der Waals surface area (Å²) in [6.07, 6.45) is 3.33. The molecular formula is C43H41F2N11O. The van der Waals surface area contributed by atoms with Gasteiger partial charge in [-0.05, 0) is 86.3 Å². The molecule has 4 aromatic carbocycles. The van der Waals surface area contributed by atoms with Gasteiger partial charge >= 0.3 is 6.03 Å². The minimum absolute atomic E-state index is 0.0495. The maximum Gasteiger partial charge on any atom is 0.321 e. The summed E-state index contributed by atoms with van der Waals surface area (Å²) in [6.45, 7) is 7.59. The van der Waals surface area contributed by atoms with Crippen molar-refractivity contribution >= 4 is 40.0 Å². The molecule has 4 aromatic heterocycles. The summed E-state index contributed by atoms with van der Waals surface area (Å²) in [7, 11) is 3.71. The maximum atomic E-state index is 13.6. The second kappa shape index (κ2) is 15.9. The van der Waals surface area contributed by atoms with Crippen molar-refractivity contribution in [3.63, 3.8) is 0 Å². The van der Waals surface area contributed by atoms with Gasteiger partial charge in [0.15, 0.2) is 40.1 Å². The van der Waals surface area contributed by atoms with Gasteiger partial charge in [0.2, 0.25) is 0 Å². The Labute approximate surface area is 328 Å². The van der Waals surface area contributed by atoms with Crippen LogP contribution in [-0.4, -0.2) is 45.1 Å². The number of benzene rings is 4. The van der Waals surface area contributed by atoms with Gasteiger partial charge in [-0.1, -0.05) is 60.7 Å². The number of urea groups is 1. The van der Waals surface area contributed by atoms with E-state index in [2.05, 4.69) is 49.3 Å². The van der Waals surface area contributed by atoms with E-state index in [1.165, 1.54) is 29.2 Å². The highest BCUT2D eigenvalue weighted by Crippen LogP contribution is 2.33. The van der Waals surface area contributed by atoms with Crippen molar-refractivity contribution in [3.05, 3.63) is 144 Å². The average molecular weight is 766 g/mol. The number of aryl methyl sites for hydroxylation is 4. The van der Waals surface area contributed by atoms with Crippen LogP contribution in [0.3, 0.4) is 0 Å². The standard InChI is InChI=1S/C22H21FN6O.C21H20FN5/c1-13-11-16(23)9-10-17(13)19-26-20-18(25-12-28(20)3)21(27-19)29(22(24)30)14(2)15-7-5-4-6-8-15;1-13-11-16(22)9-10-17(13)19-25-20(18-21(26-19)27(3)12-23-18)24-14(2)15-7-5-4-6-8-15/h4-12,14H,1-3H3,(H2,24,30);4-12,14H,1-3H3,(H,24,25,26)/t2*14-/m00/s1. The molecule has 0 aliphatic heterocycles. The SMILES string of the molecule is Cc1cc(F)ccc1-c1nc(N(C(N)=O)[C@@H](C)c2ccccc2)c2ncn(C)c2n1.Cc1cc(F)ccc1-c1nc(N[C@@H](C)c2ccccc2)c2ncn(C)c2n1. The fourth-order valence-electron chi connectivity index (χ4n) is 6.65. The second-order valence-corrected chi connectivity index (χ2v) is 13.8. The van der Waals surface area contributed by atoms with Crippen LogP contribution >= 0.6 is 0 Å². The fraction of sp³-hybridized carbons (Fsp3) is 0.186. The van der Waals surface area contributed by atoms with E-state index in [9.17, 15) is 13.6 Å². The van der Waals surface area contributed by atoms with Gasteiger partial charge in [-0.2, -0.15) is 0 Å². The molecule has 8 aromatic rings. The van der Waals surface area contributed by atoms with Gasteiger partial charge in [0.1, 0.15) is 17.2 Å². The smallest absolute Gasteiger partial charge is 0.321 e. The summed E-state index contributed by atoms with van der Waals surface area (Å²) in [5.74, 6) is 1.28. The van der Waals surface area contributed by atoms with Gasteiger partial charge in [0.05, 0.1) is 24.7 Å². The zero-order valence-corrected chi connectivity index (χ0v) is 32.3. The summed E-state index contributed by atoms with van der Waals surface area (Å²) in [5.41, 5.74) is 13.2. The first-order chi connectivity index (χ1) is 27.4. The van der Waals surface area contributed by atoms with Crippen LogP contribution in [0.15, 0.2) is 110 Å². The number of anilines is 2. The van der Waals surface area contributed by atoms with Gasteiger partial charge in [0, 0.05) is 25.2 Å². The third kappa shape index (κ3) is 7.87. The molecule has 0 radical (unpaired) electrons. The highest BCUT2D eigenvalue weighted by molar-refractivity contribution is 5.98. The van der Waals surface area contributed by atoms with Gasteiger partial charge < -0.3 is 20.2 Å². The highest BCUT2D eigenvalue weighted by Gasteiger charge is 2.28.